The second-order valence-electron chi connectivity index (χ2n) is 3.51. The number of hydrogen-bond acceptors (Lipinski definition) is 2. The Balaban J connectivity index is 2.80. The van der Waals surface area contributed by atoms with Gasteiger partial charge in [0.2, 0.25) is 0 Å². The van der Waals surface area contributed by atoms with Gasteiger partial charge in [0.15, 0.2) is 0 Å². The molecule has 0 amide bonds. The summed E-state index contributed by atoms with van der Waals surface area (Å²) in [5, 5.41) is 0. The Morgan fingerprint density at radius 1 is 1.40 bits per heavy atom. The van der Waals surface area contributed by atoms with E-state index in [0.717, 1.165) is 0 Å². The summed E-state index contributed by atoms with van der Waals surface area (Å²) in [5.74, 6) is 0.339. The Morgan fingerprint density at radius 3 is 2.60 bits per heavy atom. The van der Waals surface area contributed by atoms with Gasteiger partial charge in [0.1, 0.15) is 11.6 Å². The smallest absolute Gasteiger partial charge is 0.392 e. The van der Waals surface area contributed by atoms with E-state index in [-0.39, 0.29) is 5.82 Å². The molecule has 0 N–H and O–H groups in total. The van der Waals surface area contributed by atoms with E-state index in [1.807, 2.05) is 20.0 Å². The fourth-order valence-corrected chi connectivity index (χ4v) is 3.24. The quantitative estimate of drug-likeness (QED) is 0.788. The van der Waals surface area contributed by atoms with Crippen molar-refractivity contribution in [2.75, 3.05) is 6.61 Å². The van der Waals surface area contributed by atoms with Crippen LogP contribution in [-0.2, 0) is 4.43 Å². The average Bonchev–Trinajstić information content (AvgIpc) is 2.09. The summed E-state index contributed by atoms with van der Waals surface area (Å²) in [7, 11) is -2.15. The highest BCUT2D eigenvalue weighted by atomic mass is 79.9. The number of halogens is 2. The van der Waals surface area contributed by atoms with Crippen molar-refractivity contribution >= 4 is 24.5 Å². The molecule has 0 aliphatic heterocycles. The van der Waals surface area contributed by atoms with Gasteiger partial charge in [0.25, 0.3) is 0 Å². The first-order chi connectivity index (χ1) is 6.94. The fraction of sp³-hybridized carbons (Fsp3) is 0.400. The van der Waals surface area contributed by atoms with Crippen molar-refractivity contribution in [2.45, 2.75) is 20.0 Å². The molecule has 0 fully saturated rings. The van der Waals surface area contributed by atoms with E-state index in [1.54, 1.807) is 6.07 Å². The summed E-state index contributed by atoms with van der Waals surface area (Å²) in [6.45, 7) is 6.45. The van der Waals surface area contributed by atoms with Crippen LogP contribution in [-0.4, -0.2) is 15.2 Å². The van der Waals surface area contributed by atoms with Gasteiger partial charge >= 0.3 is 8.56 Å². The summed E-state index contributed by atoms with van der Waals surface area (Å²) >= 11 is 3.25. The number of rotatable bonds is 4. The van der Waals surface area contributed by atoms with Crippen molar-refractivity contribution in [2.24, 2.45) is 0 Å². The third-order valence-corrected chi connectivity index (χ3v) is 4.06. The van der Waals surface area contributed by atoms with Gasteiger partial charge in [0, 0.05) is 6.61 Å². The maximum absolute atomic E-state index is 12.8. The summed E-state index contributed by atoms with van der Waals surface area (Å²) in [6, 6.07) is 4.36. The molecule has 5 heteroatoms. The van der Waals surface area contributed by atoms with Gasteiger partial charge in [-0.15, -0.1) is 0 Å². The molecule has 0 aliphatic carbocycles. The molecule has 0 spiro atoms. The Hall–Kier alpha value is -0.393. The highest BCUT2D eigenvalue weighted by Gasteiger charge is 2.26. The number of hydrogen-bond donors (Lipinski definition) is 0. The van der Waals surface area contributed by atoms with Crippen molar-refractivity contribution < 1.29 is 13.2 Å². The fourth-order valence-electron chi connectivity index (χ4n) is 1.20. The summed E-state index contributed by atoms with van der Waals surface area (Å²) < 4.78 is 24.7. The Labute approximate surface area is 98.8 Å². The third kappa shape index (κ3) is 3.93. The second-order valence-corrected chi connectivity index (χ2v) is 7.66. The third-order valence-electron chi connectivity index (χ3n) is 1.74. The normalized spacial score (nSPS) is 11.5. The zero-order valence-corrected chi connectivity index (χ0v) is 11.6. The standard InChI is InChI=1S/C10H14BrFO2Si/c1-4-13-15(2,3)14-10-6-5-8(12)7-9(10)11/h5-7H,4H2,1-3H3. The average molecular weight is 293 g/mol. The zero-order chi connectivity index (χ0) is 11.5. The molecule has 84 valence electrons. The van der Waals surface area contributed by atoms with E-state index in [9.17, 15) is 4.39 Å². The molecular formula is C10H14BrFO2Si. The Bertz CT molecular complexity index is 344. The van der Waals surface area contributed by atoms with Crippen LogP contribution < -0.4 is 4.43 Å². The first kappa shape index (κ1) is 12.7. The minimum Gasteiger partial charge on any atom is -0.519 e. The lowest BCUT2D eigenvalue weighted by Gasteiger charge is -2.23. The van der Waals surface area contributed by atoms with Crippen molar-refractivity contribution in [1.82, 2.24) is 0 Å². The van der Waals surface area contributed by atoms with Crippen molar-refractivity contribution in [3.8, 4) is 5.75 Å². The summed E-state index contributed by atoms with van der Waals surface area (Å²) in [6.07, 6.45) is 0. The first-order valence-corrected chi connectivity index (χ1v) is 8.33. The Kier molecular flexibility index (Phi) is 4.30. The molecular weight excluding hydrogens is 279 g/mol. The highest BCUT2D eigenvalue weighted by molar-refractivity contribution is 9.10. The van der Waals surface area contributed by atoms with Gasteiger partial charge in [-0.3, -0.25) is 0 Å². The molecule has 0 unspecified atom stereocenters. The highest BCUT2D eigenvalue weighted by Crippen LogP contribution is 2.28. The van der Waals surface area contributed by atoms with Crippen LogP contribution in [0, 0.1) is 5.82 Å². The van der Waals surface area contributed by atoms with Crippen molar-refractivity contribution in [3.05, 3.63) is 28.5 Å². The van der Waals surface area contributed by atoms with E-state index in [2.05, 4.69) is 15.9 Å². The summed E-state index contributed by atoms with van der Waals surface area (Å²) in [5.41, 5.74) is 0. The van der Waals surface area contributed by atoms with Crippen molar-refractivity contribution in [1.29, 1.82) is 0 Å². The molecule has 0 atom stereocenters. The first-order valence-electron chi connectivity index (χ1n) is 4.72. The predicted molar refractivity (Wildman–Crippen MR) is 63.8 cm³/mol. The molecule has 0 saturated carbocycles. The molecule has 0 bridgehead atoms. The van der Waals surface area contributed by atoms with Crippen LogP contribution in [0.15, 0.2) is 22.7 Å². The van der Waals surface area contributed by atoms with Gasteiger partial charge in [-0.2, -0.15) is 0 Å². The predicted octanol–water partition coefficient (Wildman–Crippen LogP) is 3.71. The molecule has 1 aromatic carbocycles. The Morgan fingerprint density at radius 2 is 2.07 bits per heavy atom. The van der Waals surface area contributed by atoms with Crippen LogP contribution in [0.4, 0.5) is 4.39 Å². The van der Waals surface area contributed by atoms with Gasteiger partial charge in [-0.1, -0.05) is 0 Å². The van der Waals surface area contributed by atoms with Crippen LogP contribution in [0.25, 0.3) is 0 Å². The van der Waals surface area contributed by atoms with E-state index >= 15 is 0 Å². The minimum absolute atomic E-state index is 0.287. The topological polar surface area (TPSA) is 18.5 Å². The largest absolute Gasteiger partial charge is 0.519 e. The molecule has 0 saturated heterocycles. The van der Waals surface area contributed by atoms with E-state index in [1.165, 1.54) is 12.1 Å². The molecule has 0 heterocycles. The lowest BCUT2D eigenvalue weighted by Crippen LogP contribution is -2.38. The van der Waals surface area contributed by atoms with Crippen molar-refractivity contribution in [3.63, 3.8) is 0 Å². The monoisotopic (exact) mass is 292 g/mol. The van der Waals surface area contributed by atoms with Crippen LogP contribution in [0.1, 0.15) is 6.92 Å². The lowest BCUT2D eigenvalue weighted by molar-refractivity contribution is 0.263. The number of benzene rings is 1. The lowest BCUT2D eigenvalue weighted by atomic mass is 10.3. The van der Waals surface area contributed by atoms with Gasteiger partial charge in [0.05, 0.1) is 4.47 Å². The van der Waals surface area contributed by atoms with Gasteiger partial charge in [-0.25, -0.2) is 4.39 Å². The maximum Gasteiger partial charge on any atom is 0.392 e. The van der Waals surface area contributed by atoms with Crippen LogP contribution in [0.5, 0.6) is 5.75 Å². The molecule has 0 radical (unpaired) electrons. The molecule has 15 heavy (non-hydrogen) atoms. The van der Waals surface area contributed by atoms with E-state index in [0.29, 0.717) is 16.8 Å². The summed E-state index contributed by atoms with van der Waals surface area (Å²) in [4.78, 5) is 0. The molecule has 2 nitrogen and oxygen atoms in total. The van der Waals surface area contributed by atoms with E-state index < -0.39 is 8.56 Å². The molecule has 1 aromatic rings. The minimum atomic E-state index is -2.15. The van der Waals surface area contributed by atoms with Crippen LogP contribution in [0.3, 0.4) is 0 Å². The van der Waals surface area contributed by atoms with Crippen LogP contribution in [0.2, 0.25) is 13.1 Å². The molecule has 0 aromatic heterocycles. The SMILES string of the molecule is CCO[Si](C)(C)Oc1ccc(F)cc1Br. The molecule has 1 rings (SSSR count). The van der Waals surface area contributed by atoms with E-state index in [4.69, 9.17) is 8.85 Å². The second kappa shape index (κ2) is 5.09. The van der Waals surface area contributed by atoms with Gasteiger partial charge in [-0.05, 0) is 54.1 Å². The van der Waals surface area contributed by atoms with Gasteiger partial charge < -0.3 is 8.85 Å². The van der Waals surface area contributed by atoms with Crippen LogP contribution >= 0.6 is 15.9 Å². The zero-order valence-electron chi connectivity index (χ0n) is 9.01. The maximum atomic E-state index is 12.8. The molecule has 0 aliphatic rings.